The van der Waals surface area contributed by atoms with Crippen LogP contribution in [0.3, 0.4) is 0 Å². The van der Waals surface area contributed by atoms with Gasteiger partial charge in [-0.3, -0.25) is 0 Å². The van der Waals surface area contributed by atoms with E-state index in [-0.39, 0.29) is 16.4 Å². The molecule has 3 heterocycles. The van der Waals surface area contributed by atoms with Crippen molar-refractivity contribution < 1.29 is 4.42 Å². The first-order chi connectivity index (χ1) is 26.8. The predicted molar refractivity (Wildman–Crippen MR) is 230 cm³/mol. The summed E-state index contributed by atoms with van der Waals surface area (Å²) in [5, 5.41) is 4.13. The Balaban J connectivity index is 1.12. The number of para-hydroxylation sites is 1. The van der Waals surface area contributed by atoms with Crippen LogP contribution in [0.1, 0.15) is 0 Å². The summed E-state index contributed by atoms with van der Waals surface area (Å²) in [5.74, 6) is 1.76. The van der Waals surface area contributed by atoms with Gasteiger partial charge in [0, 0.05) is 50.0 Å². The molecule has 244 valence electrons. The van der Waals surface area contributed by atoms with E-state index < -0.39 is 0 Å². The summed E-state index contributed by atoms with van der Waals surface area (Å²) in [6, 6.07) is 46.6. The molecule has 10 aromatic rings. The summed E-state index contributed by atoms with van der Waals surface area (Å²) < 4.78 is 8.82. The van der Waals surface area contributed by atoms with Crippen LogP contribution in [-0.4, -0.2) is 58.8 Å². The van der Waals surface area contributed by atoms with Gasteiger partial charge in [-0.25, -0.2) is 15.0 Å². The Morgan fingerprint density at radius 2 is 0.873 bits per heavy atom. The smallest absolute Gasteiger partial charge is 0.164 e. The number of fused-ring (bicyclic) bond motifs is 6. The Morgan fingerprint density at radius 1 is 0.382 bits per heavy atom. The average Bonchev–Trinajstić information content (AvgIpc) is 3.77. The van der Waals surface area contributed by atoms with Gasteiger partial charge in [-0.05, 0) is 47.5 Å². The van der Waals surface area contributed by atoms with Crippen LogP contribution in [0.25, 0.3) is 94.7 Å². The van der Waals surface area contributed by atoms with E-state index in [1.54, 1.807) is 0 Å². The van der Waals surface area contributed by atoms with Crippen LogP contribution in [0.4, 0.5) is 0 Å². The zero-order valence-electron chi connectivity index (χ0n) is 29.4. The van der Waals surface area contributed by atoms with Crippen molar-refractivity contribution in [2.45, 2.75) is 0 Å². The highest BCUT2D eigenvalue weighted by atomic mass is 16.3. The molecule has 55 heavy (non-hydrogen) atoms. The molecule has 0 atom stereocenters. The molecule has 7 aromatic carbocycles. The monoisotopic (exact) mass is 690 g/mol. The third-order valence-electron chi connectivity index (χ3n) is 10.3. The first-order valence-electron chi connectivity index (χ1n) is 17.7. The molecule has 0 aliphatic heterocycles. The van der Waals surface area contributed by atoms with Crippen LogP contribution < -0.4 is 27.3 Å². The van der Waals surface area contributed by atoms with Gasteiger partial charge in [-0.15, -0.1) is 16.4 Å². The molecule has 10 heteroatoms. The fraction of sp³-hybridized carbons (Fsp3) is 0. The molecule has 3 aromatic heterocycles. The van der Waals surface area contributed by atoms with Gasteiger partial charge >= 0.3 is 0 Å². The molecular weight excluding hydrogens is 667 g/mol. The van der Waals surface area contributed by atoms with Crippen LogP contribution in [-0.2, 0) is 0 Å². The lowest BCUT2D eigenvalue weighted by Crippen LogP contribution is -2.55. The van der Waals surface area contributed by atoms with E-state index in [1.807, 2.05) is 91.0 Å². The van der Waals surface area contributed by atoms with Crippen molar-refractivity contribution in [1.82, 2.24) is 19.5 Å². The van der Waals surface area contributed by atoms with Crippen molar-refractivity contribution in [2.75, 3.05) is 0 Å². The minimum atomic E-state index is 0.183. The Kier molecular flexibility index (Phi) is 7.70. The largest absolute Gasteiger partial charge is 0.456 e. The number of hydrogen-bond donors (Lipinski definition) is 0. The van der Waals surface area contributed by atoms with Crippen molar-refractivity contribution in [1.29, 1.82) is 0 Å². The summed E-state index contributed by atoms with van der Waals surface area (Å²) in [5.41, 5.74) is 9.51. The molecule has 0 saturated carbocycles. The highest BCUT2D eigenvalue weighted by molar-refractivity contribution is 6.68. The highest BCUT2D eigenvalue weighted by Crippen LogP contribution is 2.37. The first kappa shape index (κ1) is 33.1. The standard InChI is InChI=1S/C45H23B5N4O/c46-38-37(39(47)41(49)42(50)40(38)48)26-15-18-30-29-13-7-8-14-33(29)54(34(30)21-26)28-17-20-32-31-19-16-27(22-35(31)55-36(32)23-28)45-52-43(24-9-3-1-4-10-24)51-44(53-45)25-11-5-2-6-12-25/h1-23H. The Labute approximate surface area is 323 Å². The Hall–Kier alpha value is -6.53. The zero-order chi connectivity index (χ0) is 37.4. The van der Waals surface area contributed by atoms with Gasteiger partial charge in [0.15, 0.2) is 17.5 Å². The molecule has 0 unspecified atom stereocenters. The molecule has 10 radical (unpaired) electrons. The lowest BCUT2D eigenvalue weighted by Gasteiger charge is -2.21. The molecule has 0 fully saturated rings. The molecule has 10 rings (SSSR count). The second-order valence-electron chi connectivity index (χ2n) is 13.6. The topological polar surface area (TPSA) is 56.7 Å². The van der Waals surface area contributed by atoms with E-state index in [0.29, 0.717) is 34.0 Å². The van der Waals surface area contributed by atoms with Crippen LogP contribution in [0.2, 0.25) is 0 Å². The Bertz CT molecular complexity index is 3070. The van der Waals surface area contributed by atoms with Crippen molar-refractivity contribution in [3.63, 3.8) is 0 Å². The molecule has 0 aliphatic carbocycles. The van der Waals surface area contributed by atoms with E-state index in [1.165, 1.54) is 0 Å². The predicted octanol–water partition coefficient (Wildman–Crippen LogP) is 5.51. The number of furan rings is 1. The zero-order valence-corrected chi connectivity index (χ0v) is 29.4. The average molecular weight is 690 g/mol. The molecule has 0 bridgehead atoms. The summed E-state index contributed by atoms with van der Waals surface area (Å²) in [7, 11) is 31.6. The van der Waals surface area contributed by atoms with Gasteiger partial charge in [-0.2, -0.15) is 0 Å². The minimum Gasteiger partial charge on any atom is -0.456 e. The third kappa shape index (κ3) is 5.35. The van der Waals surface area contributed by atoms with E-state index in [0.717, 1.165) is 71.7 Å². The number of nitrogens with zero attached hydrogens (tertiary/aromatic N) is 4. The van der Waals surface area contributed by atoms with E-state index in [2.05, 4.69) is 53.1 Å². The van der Waals surface area contributed by atoms with Gasteiger partial charge in [0.1, 0.15) is 50.4 Å². The van der Waals surface area contributed by atoms with Gasteiger partial charge in [0.05, 0.1) is 11.0 Å². The fourth-order valence-corrected chi connectivity index (χ4v) is 7.55. The van der Waals surface area contributed by atoms with E-state index in [9.17, 15) is 0 Å². The number of rotatable bonds is 5. The quantitative estimate of drug-likeness (QED) is 0.224. The Morgan fingerprint density at radius 3 is 1.53 bits per heavy atom. The second kappa shape index (κ2) is 12.8. The van der Waals surface area contributed by atoms with E-state index in [4.69, 9.17) is 58.6 Å². The maximum Gasteiger partial charge on any atom is 0.164 e. The van der Waals surface area contributed by atoms with Crippen molar-refractivity contribution in [3.8, 4) is 51.0 Å². The van der Waals surface area contributed by atoms with Crippen LogP contribution in [0.15, 0.2) is 144 Å². The van der Waals surface area contributed by atoms with Crippen molar-refractivity contribution >= 4 is 110 Å². The second-order valence-corrected chi connectivity index (χ2v) is 13.6. The lowest BCUT2D eigenvalue weighted by atomic mass is 9.59. The SMILES string of the molecule is [B]c1c([B])c([B])c(-c2ccc3c4ccccc4n(-c4ccc5c(c4)oc4cc(-c6nc(-c7ccccc7)nc(-c7ccccc7)n6)ccc45)c3c2)c([B])c1[B]. The summed E-state index contributed by atoms with van der Waals surface area (Å²) in [4.78, 5) is 14.7. The number of hydrogen-bond acceptors (Lipinski definition) is 4. The molecule has 0 aliphatic rings. The van der Waals surface area contributed by atoms with Crippen LogP contribution >= 0.6 is 0 Å². The molecule has 0 N–H and O–H groups in total. The maximum absolute atomic E-state index is 6.61. The van der Waals surface area contributed by atoms with Gasteiger partial charge < -0.3 is 8.98 Å². The van der Waals surface area contributed by atoms with Crippen molar-refractivity contribution in [3.05, 3.63) is 140 Å². The maximum atomic E-state index is 6.61. The molecular formula is C45H23B5N4O. The van der Waals surface area contributed by atoms with E-state index >= 15 is 0 Å². The summed E-state index contributed by atoms with van der Waals surface area (Å²) in [6.07, 6.45) is 0. The molecule has 5 nitrogen and oxygen atoms in total. The van der Waals surface area contributed by atoms with Crippen LogP contribution in [0, 0.1) is 0 Å². The molecule has 0 saturated heterocycles. The van der Waals surface area contributed by atoms with Crippen molar-refractivity contribution in [2.24, 2.45) is 0 Å². The fourth-order valence-electron chi connectivity index (χ4n) is 7.55. The van der Waals surface area contributed by atoms with Gasteiger partial charge in [0.2, 0.25) is 0 Å². The minimum absolute atomic E-state index is 0.183. The normalized spacial score (nSPS) is 11.6. The molecule has 0 amide bonds. The number of aromatic nitrogens is 4. The number of benzene rings is 7. The summed E-state index contributed by atoms with van der Waals surface area (Å²) in [6.45, 7) is 0. The van der Waals surface area contributed by atoms with Gasteiger partial charge in [0.25, 0.3) is 0 Å². The van der Waals surface area contributed by atoms with Crippen LogP contribution in [0.5, 0.6) is 0 Å². The van der Waals surface area contributed by atoms with Gasteiger partial charge in [-0.1, -0.05) is 108 Å². The summed E-state index contributed by atoms with van der Waals surface area (Å²) >= 11 is 0. The first-order valence-corrected chi connectivity index (χ1v) is 17.7. The highest BCUT2D eigenvalue weighted by Gasteiger charge is 2.19. The molecule has 0 spiro atoms. The third-order valence-corrected chi connectivity index (χ3v) is 10.3. The lowest BCUT2D eigenvalue weighted by molar-refractivity contribution is 0.668.